The number of halogens is 3. The fourth-order valence-corrected chi connectivity index (χ4v) is 0.235. The first kappa shape index (κ1) is 11.3. The minimum absolute atomic E-state index is 0. The van der Waals surface area contributed by atoms with Gasteiger partial charge < -0.3 is 10.1 Å². The first-order chi connectivity index (χ1) is 2.81. The Kier molecular flexibility index (Phi) is 12.0. The van der Waals surface area contributed by atoms with Crippen molar-refractivity contribution in [2.75, 3.05) is 0 Å². The molecule has 0 fully saturated rings. The molecular formula is F2ILiN2S. The summed E-state index contributed by atoms with van der Waals surface area (Å²) in [6, 6.07) is 0. The standard InChI is InChI=1S/F2IN2S.Li/c1-4-5(2)6-3;/q-1;+1. The number of nitrogens with zero attached hydrogens (tertiary/aromatic N) is 2. The molecule has 0 N–H and O–H groups in total. The van der Waals surface area contributed by atoms with Crippen LogP contribution in [0.5, 0.6) is 0 Å². The van der Waals surface area contributed by atoms with E-state index < -0.39 is 0 Å². The second kappa shape index (κ2) is 7.46. The molecular weight excluding hydrogens is 232 g/mol. The van der Waals surface area contributed by atoms with Crippen molar-refractivity contribution >= 4 is 30.3 Å². The van der Waals surface area contributed by atoms with Gasteiger partial charge in [-0.1, -0.05) is 0 Å². The van der Waals surface area contributed by atoms with Crippen LogP contribution in [0.2, 0.25) is 0 Å². The fraction of sp³-hybridized carbons (Fsp3) is 0. The van der Waals surface area contributed by atoms with Gasteiger partial charge in [0.25, 0.3) is 0 Å². The summed E-state index contributed by atoms with van der Waals surface area (Å²) in [7, 11) is 0.520. The summed E-state index contributed by atoms with van der Waals surface area (Å²) >= 11 is 1.55. The molecule has 0 aromatic rings. The Labute approximate surface area is 68.1 Å². The van der Waals surface area contributed by atoms with Crippen LogP contribution in [-0.2, 0) is 0 Å². The molecule has 7 heavy (non-hydrogen) atoms. The summed E-state index contributed by atoms with van der Waals surface area (Å²) < 4.78 is 21.3. The third-order valence-electron chi connectivity index (χ3n) is 0.116. The third-order valence-corrected chi connectivity index (χ3v) is 1.27. The molecule has 0 radical (unpaired) electrons. The van der Waals surface area contributed by atoms with Gasteiger partial charge in [-0.2, -0.15) is 0 Å². The van der Waals surface area contributed by atoms with Gasteiger partial charge in [0.15, 0.2) is 0 Å². The van der Waals surface area contributed by atoms with E-state index in [1.807, 2.05) is 0 Å². The molecule has 0 aliphatic heterocycles. The number of rotatable bonds is 2. The van der Waals surface area contributed by atoms with E-state index in [1.165, 1.54) is 0 Å². The molecule has 0 bridgehead atoms. The molecule has 0 aromatic carbocycles. The third kappa shape index (κ3) is 7.46. The Morgan fingerprint density at radius 1 is 1.71 bits per heavy atom. The van der Waals surface area contributed by atoms with Crippen LogP contribution in [-0.4, -0.2) is 4.64 Å². The molecule has 0 heterocycles. The van der Waals surface area contributed by atoms with E-state index in [-0.39, 0.29) is 23.5 Å². The van der Waals surface area contributed by atoms with Gasteiger partial charge >= 0.3 is 18.9 Å². The van der Waals surface area contributed by atoms with Gasteiger partial charge in [-0.25, -0.2) is 0 Å². The van der Waals surface area contributed by atoms with Crippen molar-refractivity contribution in [1.29, 1.82) is 0 Å². The van der Waals surface area contributed by atoms with Gasteiger partial charge in [0.05, 0.1) is 0 Å². The van der Waals surface area contributed by atoms with Crippen LogP contribution < -0.4 is 18.9 Å². The van der Waals surface area contributed by atoms with Gasteiger partial charge in [0.1, 0.15) is 0 Å². The molecule has 0 aromatic heterocycles. The maximum atomic E-state index is 11.1. The predicted molar refractivity (Wildman–Crippen MR) is 29.0 cm³/mol. The molecule has 0 saturated carbocycles. The summed E-state index contributed by atoms with van der Waals surface area (Å²) in [5, 5.41) is 0. The summed E-state index contributed by atoms with van der Waals surface area (Å²) in [6.07, 6.45) is 0. The van der Waals surface area contributed by atoms with Crippen LogP contribution in [0.15, 0.2) is 0 Å². The Morgan fingerprint density at radius 3 is 2.14 bits per heavy atom. The Bertz CT molecular complexity index is 34.9. The van der Waals surface area contributed by atoms with Crippen LogP contribution >= 0.6 is 30.3 Å². The summed E-state index contributed by atoms with van der Waals surface area (Å²) in [4.78, 5) is 0. The zero-order chi connectivity index (χ0) is 4.99. The average Bonchev–Trinajstić information content (AvgIpc) is 1.65. The van der Waals surface area contributed by atoms with Gasteiger partial charge in [-0.15, -0.1) is 9.12 Å². The molecule has 0 unspecified atom stereocenters. The second-order valence-corrected chi connectivity index (χ2v) is 1.99. The van der Waals surface area contributed by atoms with Crippen molar-refractivity contribution in [2.45, 2.75) is 0 Å². The number of hydrogen-bond acceptors (Lipinski definition) is 2. The minimum Gasteiger partial charge on any atom is -0.383 e. The van der Waals surface area contributed by atoms with Crippen molar-refractivity contribution in [2.24, 2.45) is 0 Å². The monoisotopic (exact) mass is 232 g/mol. The van der Waals surface area contributed by atoms with E-state index in [0.29, 0.717) is 9.12 Å². The van der Waals surface area contributed by atoms with E-state index >= 15 is 0 Å². The molecule has 0 aliphatic rings. The maximum absolute atomic E-state index is 11.1. The molecule has 0 rings (SSSR count). The molecule has 0 saturated heterocycles. The van der Waals surface area contributed by atoms with Crippen molar-refractivity contribution in [1.82, 2.24) is 4.64 Å². The first-order valence-corrected chi connectivity index (χ1v) is 4.19. The van der Waals surface area contributed by atoms with Crippen LogP contribution in [0.25, 0.3) is 5.65 Å². The van der Waals surface area contributed by atoms with Crippen molar-refractivity contribution < 1.29 is 27.8 Å². The zero-order valence-electron chi connectivity index (χ0n) is 3.44. The second-order valence-electron chi connectivity index (χ2n) is 0.371. The molecule has 0 atom stereocenters. The van der Waals surface area contributed by atoms with Crippen LogP contribution in [0, 0.1) is 0 Å². The van der Waals surface area contributed by atoms with E-state index in [2.05, 4.69) is 0 Å². The van der Waals surface area contributed by atoms with Crippen molar-refractivity contribution in [3.8, 4) is 0 Å². The molecule has 0 amide bonds. The van der Waals surface area contributed by atoms with Crippen LogP contribution in [0.1, 0.15) is 0 Å². The normalized spacial score (nSPS) is 8.57. The molecule has 7 heteroatoms. The topological polar surface area (TPSA) is 17.3 Å². The molecule has 0 spiro atoms. The van der Waals surface area contributed by atoms with Gasteiger partial charge in [-0.3, -0.25) is 0 Å². The van der Waals surface area contributed by atoms with E-state index in [1.54, 1.807) is 26.9 Å². The Balaban J connectivity index is 0. The number of hydrogen-bond donors (Lipinski definition) is 0. The summed E-state index contributed by atoms with van der Waals surface area (Å²) in [5.41, 5.74) is 1.63. The summed E-state index contributed by atoms with van der Waals surface area (Å²) in [5.74, 6) is 0. The maximum Gasteiger partial charge on any atom is 1.00 e. The first-order valence-electron chi connectivity index (χ1n) is 0.875. The molecule has 38 valence electrons. The quantitative estimate of drug-likeness (QED) is 0.207. The van der Waals surface area contributed by atoms with Crippen LogP contribution in [0.3, 0.4) is 0 Å². The van der Waals surface area contributed by atoms with Gasteiger partial charge in [0.2, 0.25) is 0 Å². The van der Waals surface area contributed by atoms with Crippen molar-refractivity contribution in [3.05, 3.63) is 5.65 Å². The predicted octanol–water partition coefficient (Wildman–Crippen LogP) is -0.652. The van der Waals surface area contributed by atoms with Crippen LogP contribution in [0.4, 0.5) is 8.96 Å². The van der Waals surface area contributed by atoms with Gasteiger partial charge in [0, 0.05) is 30.3 Å². The smallest absolute Gasteiger partial charge is 0.383 e. The fourth-order valence-electron chi connectivity index (χ4n) is 0.0117. The van der Waals surface area contributed by atoms with E-state index in [9.17, 15) is 8.96 Å². The van der Waals surface area contributed by atoms with Gasteiger partial charge in [-0.05, 0) is 0 Å². The zero-order valence-corrected chi connectivity index (χ0v) is 6.41. The summed E-state index contributed by atoms with van der Waals surface area (Å²) in [6.45, 7) is 0. The molecule has 0 aliphatic carbocycles. The van der Waals surface area contributed by atoms with E-state index in [0.717, 1.165) is 0 Å². The Morgan fingerprint density at radius 2 is 2.14 bits per heavy atom. The van der Waals surface area contributed by atoms with E-state index in [4.69, 9.17) is 0 Å². The minimum atomic E-state index is -0.388. The Hall–Kier alpha value is 1.46. The molecule has 2 nitrogen and oxygen atoms in total. The average molecular weight is 232 g/mol. The van der Waals surface area contributed by atoms with Crippen molar-refractivity contribution in [3.63, 3.8) is 0 Å². The SMILES string of the molecule is F[N-]N(F)SI.[Li+]. The largest absolute Gasteiger partial charge is 1.00 e.